The molecule has 0 aliphatic rings. The lowest BCUT2D eigenvalue weighted by molar-refractivity contribution is -0.0324. The lowest BCUT2D eigenvalue weighted by Gasteiger charge is -2.26. The van der Waals surface area contributed by atoms with Gasteiger partial charge in [-0.15, -0.1) is 0 Å². The quantitative estimate of drug-likeness (QED) is 0.0713. The van der Waals surface area contributed by atoms with Gasteiger partial charge in [-0.25, -0.2) is 0 Å². The highest BCUT2D eigenvalue weighted by atomic mass is 16.5. The first-order chi connectivity index (χ1) is 20.7. The molecule has 0 fully saturated rings. The highest BCUT2D eigenvalue weighted by Gasteiger charge is 2.16. The molecular weight excluding hydrogens is 528 g/mol. The van der Waals surface area contributed by atoms with Crippen LogP contribution < -0.4 is 0 Å². The van der Waals surface area contributed by atoms with E-state index < -0.39 is 0 Å². The summed E-state index contributed by atoms with van der Waals surface area (Å²) in [7, 11) is 0. The fraction of sp³-hybridized carbons (Fsp3) is 1.00. The molecule has 0 saturated carbocycles. The summed E-state index contributed by atoms with van der Waals surface area (Å²) in [4.78, 5) is 0. The molecule has 2 unspecified atom stereocenters. The molecule has 0 rings (SSSR count). The van der Waals surface area contributed by atoms with Crippen LogP contribution in [0.1, 0.15) is 169 Å². The molecular formula is C36H76O6. The Balaban J connectivity index is 0. The van der Waals surface area contributed by atoms with Crippen molar-refractivity contribution in [3.8, 4) is 0 Å². The summed E-state index contributed by atoms with van der Waals surface area (Å²) >= 11 is 0. The summed E-state index contributed by atoms with van der Waals surface area (Å²) in [6.07, 6.45) is 31.1. The predicted octanol–water partition coefficient (Wildman–Crippen LogP) is 9.42. The van der Waals surface area contributed by atoms with Gasteiger partial charge in [0.15, 0.2) is 0 Å². The van der Waals surface area contributed by atoms with E-state index in [-0.39, 0.29) is 13.2 Å². The van der Waals surface area contributed by atoms with Crippen LogP contribution in [0, 0.1) is 0 Å². The number of unbranched alkanes of at least 4 members (excludes halogenated alkanes) is 14. The summed E-state index contributed by atoms with van der Waals surface area (Å²) in [6.45, 7) is 12.0. The van der Waals surface area contributed by atoms with Gasteiger partial charge in [0.2, 0.25) is 0 Å². The number of aliphatic hydroxyl groups excluding tert-OH is 2. The van der Waals surface area contributed by atoms with Crippen LogP contribution >= 0.6 is 0 Å². The number of ether oxygens (including phenoxy) is 4. The van der Waals surface area contributed by atoms with E-state index in [1.54, 1.807) is 0 Å². The fourth-order valence-corrected chi connectivity index (χ4v) is 5.05. The van der Waals surface area contributed by atoms with Crippen molar-refractivity contribution in [2.24, 2.45) is 0 Å². The van der Waals surface area contributed by atoms with Crippen LogP contribution in [0.5, 0.6) is 0 Å². The molecule has 0 aromatic heterocycles. The molecule has 6 nitrogen and oxygen atoms in total. The van der Waals surface area contributed by atoms with Gasteiger partial charge in [0, 0.05) is 0 Å². The predicted molar refractivity (Wildman–Crippen MR) is 180 cm³/mol. The van der Waals surface area contributed by atoms with E-state index in [9.17, 15) is 0 Å². The molecule has 6 heteroatoms. The molecule has 256 valence electrons. The molecule has 0 aromatic carbocycles. The minimum Gasteiger partial charge on any atom is -0.394 e. The van der Waals surface area contributed by atoms with Gasteiger partial charge < -0.3 is 29.2 Å². The lowest BCUT2D eigenvalue weighted by atomic mass is 10.00. The molecule has 0 amide bonds. The largest absolute Gasteiger partial charge is 0.394 e. The summed E-state index contributed by atoms with van der Waals surface area (Å²) < 4.78 is 21.8. The van der Waals surface area contributed by atoms with Gasteiger partial charge in [-0.2, -0.15) is 0 Å². The van der Waals surface area contributed by atoms with Gasteiger partial charge in [-0.1, -0.05) is 143 Å². The first-order valence-electron chi connectivity index (χ1n) is 18.3. The zero-order chi connectivity index (χ0) is 31.2. The molecule has 2 N–H and O–H groups in total. The second kappa shape index (κ2) is 40.8. The third kappa shape index (κ3) is 37.8. The van der Waals surface area contributed by atoms with Crippen LogP contribution in [-0.4, -0.2) is 75.3 Å². The van der Waals surface area contributed by atoms with E-state index >= 15 is 0 Å². The number of rotatable bonds is 34. The standard InChI is InChI=1S/C28H58O.C8H18O5/c1-5-9-13-17-21-25-27(23-19-15-11-7-3)29-28(24-20-16-12-8-4)26-22-18-14-10-6-2;9-1-3-11-5-7-13-8-6-12-4-2-10/h27-28H,5-26H2,1-4H3;9-10H,1-8H2. The SMILES string of the molecule is CCCCCCCC(CCCCCC)OC(CCCCCC)CCCCCCC.OCCOCCOCCOCCO. The van der Waals surface area contributed by atoms with E-state index in [1.807, 2.05) is 0 Å². The Labute approximate surface area is 263 Å². The maximum Gasteiger partial charge on any atom is 0.0701 e. The number of hydrogen-bond donors (Lipinski definition) is 2. The van der Waals surface area contributed by atoms with E-state index in [0.29, 0.717) is 51.8 Å². The maximum atomic E-state index is 8.36. The van der Waals surface area contributed by atoms with E-state index in [0.717, 1.165) is 0 Å². The molecule has 0 aliphatic heterocycles. The molecule has 0 radical (unpaired) electrons. The van der Waals surface area contributed by atoms with Crippen molar-refractivity contribution in [3.05, 3.63) is 0 Å². The van der Waals surface area contributed by atoms with E-state index in [2.05, 4.69) is 27.7 Å². The van der Waals surface area contributed by atoms with Crippen molar-refractivity contribution in [1.82, 2.24) is 0 Å². The monoisotopic (exact) mass is 605 g/mol. The Morgan fingerprint density at radius 3 is 0.905 bits per heavy atom. The Morgan fingerprint density at radius 1 is 0.357 bits per heavy atom. The van der Waals surface area contributed by atoms with Crippen LogP contribution in [0.2, 0.25) is 0 Å². The van der Waals surface area contributed by atoms with Crippen LogP contribution in [0.3, 0.4) is 0 Å². The van der Waals surface area contributed by atoms with Crippen molar-refractivity contribution in [1.29, 1.82) is 0 Å². The second-order valence-corrected chi connectivity index (χ2v) is 11.8. The van der Waals surface area contributed by atoms with Gasteiger partial charge in [0.25, 0.3) is 0 Å². The summed E-state index contributed by atoms with van der Waals surface area (Å²) in [5.74, 6) is 0. The number of aliphatic hydroxyl groups is 2. The maximum absolute atomic E-state index is 8.36. The smallest absolute Gasteiger partial charge is 0.0701 e. The minimum atomic E-state index is 0.0413. The van der Waals surface area contributed by atoms with Crippen LogP contribution in [0.25, 0.3) is 0 Å². The van der Waals surface area contributed by atoms with Gasteiger partial charge in [-0.3, -0.25) is 0 Å². The van der Waals surface area contributed by atoms with Crippen LogP contribution in [-0.2, 0) is 18.9 Å². The van der Waals surface area contributed by atoms with Crippen molar-refractivity contribution in [2.45, 2.75) is 181 Å². The molecule has 0 heterocycles. The first-order valence-corrected chi connectivity index (χ1v) is 18.3. The zero-order valence-electron chi connectivity index (χ0n) is 28.9. The average Bonchev–Trinajstić information content (AvgIpc) is 3.00. The molecule has 0 saturated heterocycles. The van der Waals surface area contributed by atoms with Crippen molar-refractivity contribution < 1.29 is 29.2 Å². The molecule has 0 spiro atoms. The van der Waals surface area contributed by atoms with Gasteiger partial charge in [0.1, 0.15) is 0 Å². The molecule has 0 aromatic rings. The van der Waals surface area contributed by atoms with Crippen molar-refractivity contribution in [3.63, 3.8) is 0 Å². The van der Waals surface area contributed by atoms with Gasteiger partial charge >= 0.3 is 0 Å². The molecule has 42 heavy (non-hydrogen) atoms. The van der Waals surface area contributed by atoms with Gasteiger partial charge in [-0.05, 0) is 25.7 Å². The highest BCUT2D eigenvalue weighted by Crippen LogP contribution is 2.23. The van der Waals surface area contributed by atoms with Gasteiger partial charge in [0.05, 0.1) is 65.1 Å². The average molecular weight is 605 g/mol. The molecule has 0 bridgehead atoms. The topological polar surface area (TPSA) is 77.4 Å². The Morgan fingerprint density at radius 2 is 0.619 bits per heavy atom. The fourth-order valence-electron chi connectivity index (χ4n) is 5.05. The number of hydrogen-bond acceptors (Lipinski definition) is 6. The summed E-state index contributed by atoms with van der Waals surface area (Å²) in [5, 5.41) is 16.7. The zero-order valence-corrected chi connectivity index (χ0v) is 28.9. The summed E-state index contributed by atoms with van der Waals surface area (Å²) in [5.41, 5.74) is 0. The third-order valence-corrected chi connectivity index (χ3v) is 7.62. The van der Waals surface area contributed by atoms with E-state index in [4.69, 9.17) is 29.2 Å². The van der Waals surface area contributed by atoms with Crippen LogP contribution in [0.4, 0.5) is 0 Å². The Hall–Kier alpha value is -0.240. The third-order valence-electron chi connectivity index (χ3n) is 7.62. The Kier molecular flexibility index (Phi) is 42.6. The Bertz CT molecular complexity index is 413. The molecule has 0 aliphatic carbocycles. The highest BCUT2D eigenvalue weighted by molar-refractivity contribution is 4.67. The summed E-state index contributed by atoms with van der Waals surface area (Å²) in [6, 6.07) is 0. The normalized spacial score (nSPS) is 12.7. The van der Waals surface area contributed by atoms with E-state index in [1.165, 1.54) is 141 Å². The van der Waals surface area contributed by atoms with Crippen molar-refractivity contribution >= 4 is 0 Å². The minimum absolute atomic E-state index is 0.0413. The van der Waals surface area contributed by atoms with Crippen LogP contribution in [0.15, 0.2) is 0 Å². The molecule has 2 atom stereocenters. The van der Waals surface area contributed by atoms with Crippen molar-refractivity contribution in [2.75, 3.05) is 52.9 Å². The first kappa shape index (κ1) is 43.9. The second-order valence-electron chi connectivity index (χ2n) is 11.8. The lowest BCUT2D eigenvalue weighted by Crippen LogP contribution is -2.23.